The maximum Gasteiger partial charge on any atom is 0.259 e. The molecule has 0 aliphatic carbocycles. The predicted molar refractivity (Wildman–Crippen MR) is 132 cm³/mol. The molecular formula is C27H34FN3O5. The van der Waals surface area contributed by atoms with E-state index in [9.17, 15) is 19.1 Å². The number of hydrogen-bond donors (Lipinski definition) is 1. The van der Waals surface area contributed by atoms with Gasteiger partial charge in [-0.15, -0.1) is 0 Å². The standard InChI is InChI=1S/C27H34FN3O5/c1-17-14-31(18(2)16-32)27(34)23-12-21(20-5-4-6-22(28)11-20)13-29-25(23)36-24(17)15-30(3)26(33)19-7-9-35-10-8-19/h4-6,11-13,17-19,24,32H,7-10,14-16H2,1-3H3/t17-,18-,24+/m1/s1. The van der Waals surface area contributed by atoms with Crippen LogP contribution >= 0.6 is 0 Å². The van der Waals surface area contributed by atoms with E-state index in [1.807, 2.05) is 6.92 Å². The predicted octanol–water partition coefficient (Wildman–Crippen LogP) is 2.99. The summed E-state index contributed by atoms with van der Waals surface area (Å²) in [5.74, 6) is -0.677. The summed E-state index contributed by atoms with van der Waals surface area (Å²) in [5, 5.41) is 9.85. The van der Waals surface area contributed by atoms with Gasteiger partial charge in [0, 0.05) is 50.4 Å². The molecule has 36 heavy (non-hydrogen) atoms. The van der Waals surface area contributed by atoms with Gasteiger partial charge in [0.25, 0.3) is 5.91 Å². The van der Waals surface area contributed by atoms with E-state index in [1.54, 1.807) is 48.2 Å². The molecule has 3 heterocycles. The SMILES string of the molecule is C[C@@H]1CN([C@H](C)CO)C(=O)c2cc(-c3cccc(F)c3)cnc2O[C@H]1CN(C)C(=O)C1CCOCC1. The molecule has 3 atom stereocenters. The summed E-state index contributed by atoms with van der Waals surface area (Å²) in [6.07, 6.45) is 2.54. The second-order valence-corrected chi connectivity index (χ2v) is 9.82. The van der Waals surface area contributed by atoms with Crippen molar-refractivity contribution in [3.05, 3.63) is 47.9 Å². The Kier molecular flexibility index (Phi) is 8.21. The molecule has 1 N–H and O–H groups in total. The Balaban J connectivity index is 1.65. The van der Waals surface area contributed by atoms with Crippen molar-refractivity contribution in [2.75, 3.05) is 40.0 Å². The number of pyridine rings is 1. The summed E-state index contributed by atoms with van der Waals surface area (Å²) in [4.78, 5) is 34.4. The number of ether oxygens (including phenoxy) is 2. The fraction of sp³-hybridized carbons (Fsp3) is 0.519. The van der Waals surface area contributed by atoms with Crippen molar-refractivity contribution in [1.82, 2.24) is 14.8 Å². The van der Waals surface area contributed by atoms with Crippen molar-refractivity contribution in [2.24, 2.45) is 11.8 Å². The number of rotatable bonds is 6. The Bertz CT molecular complexity index is 1090. The number of benzene rings is 1. The van der Waals surface area contributed by atoms with Gasteiger partial charge in [0.05, 0.1) is 19.2 Å². The third-order valence-corrected chi connectivity index (χ3v) is 7.08. The van der Waals surface area contributed by atoms with E-state index in [4.69, 9.17) is 9.47 Å². The minimum Gasteiger partial charge on any atom is -0.472 e. The van der Waals surface area contributed by atoms with E-state index in [1.165, 1.54) is 12.1 Å². The summed E-state index contributed by atoms with van der Waals surface area (Å²) in [5.41, 5.74) is 1.42. The quantitative estimate of drug-likeness (QED) is 0.657. The minimum atomic E-state index is -0.425. The molecular weight excluding hydrogens is 465 g/mol. The van der Waals surface area contributed by atoms with Crippen LogP contribution in [0.2, 0.25) is 0 Å². The second kappa shape index (κ2) is 11.3. The number of carbonyl (C=O) groups is 2. The molecule has 8 nitrogen and oxygen atoms in total. The number of aliphatic hydroxyl groups is 1. The van der Waals surface area contributed by atoms with Gasteiger partial charge in [-0.2, -0.15) is 0 Å². The first-order chi connectivity index (χ1) is 17.3. The summed E-state index contributed by atoms with van der Waals surface area (Å²) in [7, 11) is 1.77. The lowest BCUT2D eigenvalue weighted by molar-refractivity contribution is -0.138. The first kappa shape index (κ1) is 26.0. The van der Waals surface area contributed by atoms with Crippen LogP contribution in [0.3, 0.4) is 0 Å². The molecule has 9 heteroatoms. The maximum atomic E-state index is 13.8. The zero-order chi connectivity index (χ0) is 25.8. The molecule has 1 aromatic carbocycles. The Labute approximate surface area is 211 Å². The highest BCUT2D eigenvalue weighted by Gasteiger charge is 2.35. The molecule has 1 saturated heterocycles. The van der Waals surface area contributed by atoms with Crippen molar-refractivity contribution >= 4 is 11.8 Å². The number of fused-ring (bicyclic) bond motifs is 1. The topological polar surface area (TPSA) is 92.2 Å². The van der Waals surface area contributed by atoms with Crippen LogP contribution in [0.1, 0.15) is 37.0 Å². The first-order valence-electron chi connectivity index (χ1n) is 12.5. The number of hydrogen-bond acceptors (Lipinski definition) is 6. The molecule has 0 radical (unpaired) electrons. The molecule has 1 aromatic heterocycles. The Morgan fingerprint density at radius 3 is 2.72 bits per heavy atom. The highest BCUT2D eigenvalue weighted by molar-refractivity contribution is 5.98. The lowest BCUT2D eigenvalue weighted by Gasteiger charge is -2.38. The first-order valence-corrected chi connectivity index (χ1v) is 12.5. The highest BCUT2D eigenvalue weighted by atomic mass is 19.1. The zero-order valence-corrected chi connectivity index (χ0v) is 21.0. The number of amides is 2. The van der Waals surface area contributed by atoms with Gasteiger partial charge >= 0.3 is 0 Å². The lowest BCUT2D eigenvalue weighted by Crippen LogP contribution is -2.51. The third-order valence-electron chi connectivity index (χ3n) is 7.08. The van der Waals surface area contributed by atoms with Crippen LogP contribution in [0, 0.1) is 17.7 Å². The fourth-order valence-corrected chi connectivity index (χ4v) is 4.76. The van der Waals surface area contributed by atoms with Crippen molar-refractivity contribution in [3.8, 4) is 17.0 Å². The van der Waals surface area contributed by atoms with Crippen LogP contribution in [0.15, 0.2) is 36.5 Å². The van der Waals surface area contributed by atoms with E-state index in [0.29, 0.717) is 50.3 Å². The van der Waals surface area contributed by atoms with Gasteiger partial charge in [-0.05, 0) is 43.5 Å². The largest absolute Gasteiger partial charge is 0.472 e. The average molecular weight is 500 g/mol. The monoisotopic (exact) mass is 499 g/mol. The second-order valence-electron chi connectivity index (χ2n) is 9.82. The van der Waals surface area contributed by atoms with Gasteiger partial charge in [0.15, 0.2) is 0 Å². The number of aromatic nitrogens is 1. The molecule has 0 bridgehead atoms. The molecule has 0 unspecified atom stereocenters. The Morgan fingerprint density at radius 2 is 2.03 bits per heavy atom. The normalized spacial score (nSPS) is 21.7. The van der Waals surface area contributed by atoms with E-state index >= 15 is 0 Å². The van der Waals surface area contributed by atoms with Gasteiger partial charge in [-0.3, -0.25) is 9.59 Å². The zero-order valence-electron chi connectivity index (χ0n) is 21.0. The number of carbonyl (C=O) groups excluding carboxylic acids is 2. The minimum absolute atomic E-state index is 0.0578. The van der Waals surface area contributed by atoms with Gasteiger partial charge in [-0.1, -0.05) is 19.1 Å². The number of nitrogens with zero attached hydrogens (tertiary/aromatic N) is 3. The third kappa shape index (κ3) is 5.68. The van der Waals surface area contributed by atoms with Crippen molar-refractivity contribution in [1.29, 1.82) is 0 Å². The molecule has 2 amide bonds. The van der Waals surface area contributed by atoms with Crippen LogP contribution in [-0.4, -0.2) is 83.8 Å². The molecule has 2 aliphatic heterocycles. The Hall–Kier alpha value is -3.04. The molecule has 4 rings (SSSR count). The fourth-order valence-electron chi connectivity index (χ4n) is 4.76. The smallest absolute Gasteiger partial charge is 0.259 e. The number of aliphatic hydroxyl groups excluding tert-OH is 1. The maximum absolute atomic E-state index is 13.8. The number of halogens is 1. The van der Waals surface area contributed by atoms with Crippen LogP contribution < -0.4 is 4.74 Å². The van der Waals surface area contributed by atoms with Gasteiger partial charge < -0.3 is 24.4 Å². The molecule has 0 spiro atoms. The van der Waals surface area contributed by atoms with E-state index in [2.05, 4.69) is 4.98 Å². The van der Waals surface area contributed by atoms with Gasteiger partial charge in [-0.25, -0.2) is 9.37 Å². The molecule has 194 valence electrons. The molecule has 0 saturated carbocycles. The average Bonchev–Trinajstić information content (AvgIpc) is 2.90. The van der Waals surface area contributed by atoms with E-state index in [0.717, 1.165) is 0 Å². The van der Waals surface area contributed by atoms with Gasteiger partial charge in [0.1, 0.15) is 17.5 Å². The van der Waals surface area contributed by atoms with Crippen molar-refractivity contribution in [2.45, 2.75) is 38.8 Å². The Morgan fingerprint density at radius 1 is 1.28 bits per heavy atom. The van der Waals surface area contributed by atoms with Crippen LogP contribution in [0.4, 0.5) is 4.39 Å². The molecule has 2 aromatic rings. The van der Waals surface area contributed by atoms with Crippen LogP contribution in [0.25, 0.3) is 11.1 Å². The number of likely N-dealkylation sites (N-methyl/N-ethyl adjacent to an activating group) is 1. The molecule has 1 fully saturated rings. The summed E-state index contributed by atoms with van der Waals surface area (Å²) in [6, 6.07) is 7.31. The van der Waals surface area contributed by atoms with Gasteiger partial charge in [0.2, 0.25) is 11.8 Å². The highest BCUT2D eigenvalue weighted by Crippen LogP contribution is 2.31. The van der Waals surface area contributed by atoms with E-state index < -0.39 is 12.1 Å². The summed E-state index contributed by atoms with van der Waals surface area (Å²) in [6.45, 7) is 5.40. The summed E-state index contributed by atoms with van der Waals surface area (Å²) < 4.78 is 25.5. The van der Waals surface area contributed by atoms with E-state index in [-0.39, 0.29) is 47.5 Å². The summed E-state index contributed by atoms with van der Waals surface area (Å²) >= 11 is 0. The molecule has 2 aliphatic rings. The van der Waals surface area contributed by atoms with Crippen LogP contribution in [-0.2, 0) is 9.53 Å². The van der Waals surface area contributed by atoms with Crippen LogP contribution in [0.5, 0.6) is 5.88 Å². The van der Waals surface area contributed by atoms with Crippen molar-refractivity contribution < 1.29 is 28.6 Å². The lowest BCUT2D eigenvalue weighted by atomic mass is 9.97. The van der Waals surface area contributed by atoms with Crippen molar-refractivity contribution in [3.63, 3.8) is 0 Å².